The Kier molecular flexibility index (Phi) is 6.17. The number of anilines is 1. The van der Waals surface area contributed by atoms with Crippen molar-refractivity contribution in [1.29, 1.82) is 0 Å². The Morgan fingerprint density at radius 3 is 2.60 bits per heavy atom. The van der Waals surface area contributed by atoms with Crippen LogP contribution in [0, 0.1) is 0 Å². The van der Waals surface area contributed by atoms with Crippen molar-refractivity contribution in [2.75, 3.05) is 51.9 Å². The summed E-state index contributed by atoms with van der Waals surface area (Å²) in [5.41, 5.74) is 0. The number of aromatic nitrogens is 2. The van der Waals surface area contributed by atoms with E-state index in [1.165, 1.54) is 7.05 Å². The predicted molar refractivity (Wildman–Crippen MR) is 94.1 cm³/mol. The third-order valence-electron chi connectivity index (χ3n) is 4.03. The molecule has 1 fully saturated rings. The summed E-state index contributed by atoms with van der Waals surface area (Å²) in [6.45, 7) is 0.845. The minimum Gasteiger partial charge on any atom is -0.471 e. The zero-order valence-electron chi connectivity index (χ0n) is 15.0. The Balaban J connectivity index is 1.93. The van der Waals surface area contributed by atoms with Crippen molar-refractivity contribution in [3.63, 3.8) is 0 Å². The lowest BCUT2D eigenvalue weighted by Crippen LogP contribution is -2.48. The average Bonchev–Trinajstić information content (AvgIpc) is 2.54. The number of piperidine rings is 1. The smallest absolute Gasteiger partial charge is 0.238 e. The van der Waals surface area contributed by atoms with E-state index in [0.717, 1.165) is 29.2 Å². The lowest BCUT2D eigenvalue weighted by atomic mass is 10.1. The number of carbonyl (C=O) groups excluding carboxylic acids is 1. The number of likely N-dealkylation sites (tertiary alicyclic amines) is 1. The van der Waals surface area contributed by atoms with E-state index in [1.54, 1.807) is 11.0 Å². The van der Waals surface area contributed by atoms with Gasteiger partial charge in [-0.15, -0.1) is 10.2 Å². The molecule has 1 aromatic heterocycles. The number of rotatable bonds is 6. The fourth-order valence-electron chi connectivity index (χ4n) is 2.45. The molecule has 0 N–H and O–H groups in total. The number of carbonyl (C=O) groups is 1. The first-order valence-electron chi connectivity index (χ1n) is 8.03. The molecule has 9 nitrogen and oxygen atoms in total. The van der Waals surface area contributed by atoms with Crippen molar-refractivity contribution in [1.82, 2.24) is 19.4 Å². The summed E-state index contributed by atoms with van der Waals surface area (Å²) in [4.78, 5) is 15.8. The molecule has 1 aliphatic heterocycles. The van der Waals surface area contributed by atoms with Crippen molar-refractivity contribution >= 4 is 21.7 Å². The second-order valence-electron chi connectivity index (χ2n) is 6.37. The third-order valence-corrected chi connectivity index (χ3v) is 5.29. The van der Waals surface area contributed by atoms with Crippen LogP contribution >= 0.6 is 0 Å². The van der Waals surface area contributed by atoms with Crippen molar-refractivity contribution < 1.29 is 17.9 Å². The second kappa shape index (κ2) is 7.96. The van der Waals surface area contributed by atoms with Gasteiger partial charge in [0.25, 0.3) is 0 Å². The molecule has 140 valence electrons. The Labute approximate surface area is 148 Å². The maximum absolute atomic E-state index is 12.3. The number of nitrogens with zero attached hydrogens (tertiary/aromatic N) is 5. The Morgan fingerprint density at radius 2 is 2.04 bits per heavy atom. The van der Waals surface area contributed by atoms with Crippen LogP contribution in [-0.4, -0.2) is 86.9 Å². The van der Waals surface area contributed by atoms with Crippen LogP contribution in [0.15, 0.2) is 12.1 Å². The first-order chi connectivity index (χ1) is 11.7. The third kappa shape index (κ3) is 5.53. The molecule has 1 atom stereocenters. The van der Waals surface area contributed by atoms with E-state index >= 15 is 0 Å². The van der Waals surface area contributed by atoms with Gasteiger partial charge in [-0.05, 0) is 18.9 Å². The normalized spacial score (nSPS) is 18.3. The van der Waals surface area contributed by atoms with Crippen LogP contribution in [-0.2, 0) is 14.8 Å². The van der Waals surface area contributed by atoms with Crippen LogP contribution in [0.3, 0.4) is 0 Å². The molecule has 1 saturated heterocycles. The summed E-state index contributed by atoms with van der Waals surface area (Å²) in [5, 5.41) is 8.10. The first kappa shape index (κ1) is 19.4. The van der Waals surface area contributed by atoms with Gasteiger partial charge in [0.2, 0.25) is 21.8 Å². The van der Waals surface area contributed by atoms with Gasteiger partial charge in [-0.25, -0.2) is 8.42 Å². The average molecular weight is 371 g/mol. The molecule has 1 aromatic rings. The van der Waals surface area contributed by atoms with E-state index in [4.69, 9.17) is 4.74 Å². The molecule has 0 radical (unpaired) electrons. The van der Waals surface area contributed by atoms with Gasteiger partial charge >= 0.3 is 0 Å². The molecule has 0 aromatic carbocycles. The summed E-state index contributed by atoms with van der Waals surface area (Å²) in [6.07, 6.45) is 2.50. The molecular formula is C15H25N5O4S. The highest BCUT2D eigenvalue weighted by Gasteiger charge is 2.27. The topological polar surface area (TPSA) is 95.9 Å². The summed E-state index contributed by atoms with van der Waals surface area (Å²) >= 11 is 0. The number of ether oxygens (including phenoxy) is 1. The molecule has 0 spiro atoms. The largest absolute Gasteiger partial charge is 0.471 e. The highest BCUT2D eigenvalue weighted by molar-refractivity contribution is 7.88. The van der Waals surface area contributed by atoms with Crippen LogP contribution in [0.2, 0.25) is 0 Å². The number of likely N-dealkylation sites (N-methyl/N-ethyl adjacent to an activating group) is 1. The molecule has 25 heavy (non-hydrogen) atoms. The van der Waals surface area contributed by atoms with E-state index in [0.29, 0.717) is 19.0 Å². The maximum atomic E-state index is 12.3. The Bertz CT molecular complexity index is 692. The standard InChI is InChI=1S/C15H25N5O4S/c1-18(2)13-7-8-14(17-16-13)24-12-6-5-9-20(10-12)15(21)11-19(3)25(4,22)23/h7-8,12H,5-6,9-11H2,1-4H3. The minimum absolute atomic E-state index is 0.164. The number of hydrogen-bond donors (Lipinski definition) is 0. The molecule has 1 amide bonds. The molecule has 2 heterocycles. The van der Waals surface area contributed by atoms with E-state index in [-0.39, 0.29) is 18.6 Å². The van der Waals surface area contributed by atoms with Gasteiger partial charge in [-0.1, -0.05) is 0 Å². The summed E-state index contributed by atoms with van der Waals surface area (Å²) < 4.78 is 29.8. The summed E-state index contributed by atoms with van der Waals surface area (Å²) in [6, 6.07) is 3.57. The van der Waals surface area contributed by atoms with Gasteiger partial charge in [-0.2, -0.15) is 4.31 Å². The lowest BCUT2D eigenvalue weighted by molar-refractivity contribution is -0.133. The molecule has 2 rings (SSSR count). The Hall–Kier alpha value is -1.94. The van der Waals surface area contributed by atoms with Gasteiger partial charge in [-0.3, -0.25) is 4.79 Å². The van der Waals surface area contributed by atoms with E-state index in [1.807, 2.05) is 25.1 Å². The quantitative estimate of drug-likeness (QED) is 0.683. The fourth-order valence-corrected chi connectivity index (χ4v) is 2.80. The van der Waals surface area contributed by atoms with Gasteiger partial charge < -0.3 is 14.5 Å². The number of hydrogen-bond acceptors (Lipinski definition) is 7. The fraction of sp³-hybridized carbons (Fsp3) is 0.667. The molecular weight excluding hydrogens is 346 g/mol. The first-order valence-corrected chi connectivity index (χ1v) is 9.88. The van der Waals surface area contributed by atoms with Crippen molar-refractivity contribution in [3.05, 3.63) is 12.1 Å². The SMILES string of the molecule is CN(C)c1ccc(OC2CCCN(C(=O)CN(C)S(C)(=O)=O)C2)nn1. The maximum Gasteiger partial charge on any atom is 0.238 e. The highest BCUT2D eigenvalue weighted by atomic mass is 32.2. The minimum atomic E-state index is -3.38. The van der Waals surface area contributed by atoms with Gasteiger partial charge in [0.15, 0.2) is 5.82 Å². The monoisotopic (exact) mass is 371 g/mol. The zero-order valence-corrected chi connectivity index (χ0v) is 15.9. The van der Waals surface area contributed by atoms with Crippen LogP contribution < -0.4 is 9.64 Å². The van der Waals surface area contributed by atoms with E-state index < -0.39 is 10.0 Å². The van der Waals surface area contributed by atoms with Crippen molar-refractivity contribution in [3.8, 4) is 5.88 Å². The second-order valence-corrected chi connectivity index (χ2v) is 8.45. The molecule has 1 aliphatic rings. The predicted octanol–water partition coefficient (Wildman–Crippen LogP) is -0.196. The molecule has 0 bridgehead atoms. The number of sulfonamides is 1. The van der Waals surface area contributed by atoms with Crippen molar-refractivity contribution in [2.45, 2.75) is 18.9 Å². The Morgan fingerprint density at radius 1 is 1.32 bits per heavy atom. The van der Waals surface area contributed by atoms with Crippen molar-refractivity contribution in [2.24, 2.45) is 0 Å². The molecule has 0 aliphatic carbocycles. The molecule has 1 unspecified atom stereocenters. The van der Waals surface area contributed by atoms with E-state index in [2.05, 4.69) is 10.2 Å². The van der Waals surface area contributed by atoms with Crippen LogP contribution in [0.5, 0.6) is 5.88 Å². The summed E-state index contributed by atoms with van der Waals surface area (Å²) in [5.74, 6) is 0.921. The van der Waals surface area contributed by atoms with Gasteiger partial charge in [0.1, 0.15) is 6.10 Å². The van der Waals surface area contributed by atoms with Crippen LogP contribution in [0.25, 0.3) is 0 Å². The van der Waals surface area contributed by atoms with Crippen LogP contribution in [0.1, 0.15) is 12.8 Å². The zero-order chi connectivity index (χ0) is 18.6. The van der Waals surface area contributed by atoms with E-state index in [9.17, 15) is 13.2 Å². The molecule has 10 heteroatoms. The molecule has 0 saturated carbocycles. The lowest BCUT2D eigenvalue weighted by Gasteiger charge is -2.33. The number of amides is 1. The van der Waals surface area contributed by atoms with Crippen LogP contribution in [0.4, 0.5) is 5.82 Å². The highest BCUT2D eigenvalue weighted by Crippen LogP contribution is 2.18. The summed E-state index contributed by atoms with van der Waals surface area (Å²) in [7, 11) is 1.77. The van der Waals surface area contributed by atoms with Gasteiger partial charge in [0.05, 0.1) is 19.3 Å². The van der Waals surface area contributed by atoms with Gasteiger partial charge in [0, 0.05) is 33.8 Å².